The summed E-state index contributed by atoms with van der Waals surface area (Å²) in [5.74, 6) is -0.433. The second-order valence-corrected chi connectivity index (χ2v) is 7.86. The van der Waals surface area contributed by atoms with Gasteiger partial charge in [-0.3, -0.25) is 4.79 Å². The molecule has 1 fully saturated rings. The van der Waals surface area contributed by atoms with Gasteiger partial charge in [0.25, 0.3) is 0 Å². The smallest absolute Gasteiger partial charge is 0.357 e. The van der Waals surface area contributed by atoms with Gasteiger partial charge in [0.1, 0.15) is 6.04 Å². The largest absolute Gasteiger partial charge is 0.417 e. The number of nitriles is 1. The minimum atomic E-state index is -4.71. The third-order valence-electron chi connectivity index (χ3n) is 5.61. The zero-order valence-electron chi connectivity index (χ0n) is 18.5. The summed E-state index contributed by atoms with van der Waals surface area (Å²) in [5, 5.41) is 14.4. The van der Waals surface area contributed by atoms with Crippen LogP contribution in [-0.4, -0.2) is 49.6 Å². The Labute approximate surface area is 189 Å². The lowest BCUT2D eigenvalue weighted by molar-refractivity contribution is -0.137. The van der Waals surface area contributed by atoms with E-state index in [4.69, 9.17) is 5.26 Å². The molecule has 174 valence electrons. The van der Waals surface area contributed by atoms with Crippen molar-refractivity contribution < 1.29 is 22.8 Å². The quantitative estimate of drug-likeness (QED) is 0.733. The molecule has 3 amide bonds. The van der Waals surface area contributed by atoms with E-state index in [2.05, 4.69) is 10.6 Å². The van der Waals surface area contributed by atoms with E-state index in [1.165, 1.54) is 22.9 Å². The molecule has 1 aliphatic heterocycles. The van der Waals surface area contributed by atoms with Crippen LogP contribution in [0.15, 0.2) is 36.4 Å². The van der Waals surface area contributed by atoms with Crippen LogP contribution in [0.5, 0.6) is 0 Å². The maximum atomic E-state index is 13.4. The van der Waals surface area contributed by atoms with E-state index in [0.29, 0.717) is 5.69 Å². The van der Waals surface area contributed by atoms with Crippen molar-refractivity contribution >= 4 is 23.3 Å². The van der Waals surface area contributed by atoms with Crippen molar-refractivity contribution in [2.24, 2.45) is 0 Å². The Morgan fingerprint density at radius 2 is 1.85 bits per heavy atom. The molecule has 1 unspecified atom stereocenters. The summed E-state index contributed by atoms with van der Waals surface area (Å²) in [5.41, 5.74) is 1.12. The molecule has 0 bridgehead atoms. The first kappa shape index (κ1) is 23.9. The number of carbonyl (C=O) groups excluding carboxylic acids is 2. The molecule has 0 aromatic heterocycles. The number of carbonyl (C=O) groups is 2. The molecule has 0 radical (unpaired) electrons. The van der Waals surface area contributed by atoms with Crippen molar-refractivity contribution in [1.82, 2.24) is 10.2 Å². The number of nitrogens with one attached hydrogen (secondary N) is 2. The van der Waals surface area contributed by atoms with E-state index in [1.807, 2.05) is 32.0 Å². The third-order valence-corrected chi connectivity index (χ3v) is 5.61. The number of urea groups is 1. The summed E-state index contributed by atoms with van der Waals surface area (Å²) in [7, 11) is 1.43. The van der Waals surface area contributed by atoms with Crippen molar-refractivity contribution in [2.75, 3.05) is 36.9 Å². The topological polar surface area (TPSA) is 88.5 Å². The molecule has 10 heteroatoms. The van der Waals surface area contributed by atoms with Gasteiger partial charge in [0, 0.05) is 31.5 Å². The molecule has 2 N–H and O–H groups in total. The van der Waals surface area contributed by atoms with E-state index in [0.717, 1.165) is 23.3 Å². The fraction of sp³-hybridized carbons (Fsp3) is 0.348. The SMILES string of the molecule is CNC(=O)C1CN(C(=O)Nc2cc(C)ccc2C)CCN1c1ccc(C#N)c(C(F)(F)F)c1. The van der Waals surface area contributed by atoms with Crippen LogP contribution in [0.3, 0.4) is 0 Å². The van der Waals surface area contributed by atoms with Gasteiger partial charge in [-0.15, -0.1) is 0 Å². The Bertz CT molecular complexity index is 1110. The summed E-state index contributed by atoms with van der Waals surface area (Å²) in [6.45, 7) is 4.09. The maximum Gasteiger partial charge on any atom is 0.417 e. The molecule has 3 rings (SSSR count). The Kier molecular flexibility index (Phi) is 6.81. The monoisotopic (exact) mass is 459 g/mol. The van der Waals surface area contributed by atoms with Crippen LogP contribution in [-0.2, 0) is 11.0 Å². The lowest BCUT2D eigenvalue weighted by atomic mass is 10.0. The van der Waals surface area contributed by atoms with Gasteiger partial charge in [0.05, 0.1) is 23.7 Å². The number of piperazine rings is 1. The Morgan fingerprint density at radius 3 is 2.48 bits per heavy atom. The normalized spacial score (nSPS) is 16.2. The molecular formula is C23H24F3N5O2. The Hall–Kier alpha value is -3.74. The standard InChI is InChI=1S/C23H24F3N5O2/c1-14-4-5-15(2)19(10-14)29-22(33)30-8-9-31(20(13-30)21(32)28-3)17-7-6-16(12-27)18(11-17)23(24,25)26/h4-7,10-11,20H,8-9,13H2,1-3H3,(H,28,32)(H,29,33). The molecule has 0 saturated carbocycles. The number of alkyl halides is 3. The van der Waals surface area contributed by atoms with Crippen LogP contribution in [0.4, 0.5) is 29.3 Å². The van der Waals surface area contributed by atoms with Gasteiger partial charge in [-0.1, -0.05) is 12.1 Å². The van der Waals surface area contributed by atoms with Gasteiger partial charge in [-0.05, 0) is 49.2 Å². The second kappa shape index (κ2) is 9.40. The van der Waals surface area contributed by atoms with Gasteiger partial charge in [0.15, 0.2) is 0 Å². The second-order valence-electron chi connectivity index (χ2n) is 7.86. The van der Waals surface area contributed by atoms with E-state index < -0.39 is 35.3 Å². The summed E-state index contributed by atoms with van der Waals surface area (Å²) in [6.07, 6.45) is -4.71. The van der Waals surface area contributed by atoms with Crippen LogP contribution in [0.25, 0.3) is 0 Å². The van der Waals surface area contributed by atoms with Crippen LogP contribution in [0.1, 0.15) is 22.3 Å². The Balaban J connectivity index is 1.86. The first-order valence-corrected chi connectivity index (χ1v) is 10.3. The number of aryl methyl sites for hydroxylation is 2. The van der Waals surface area contributed by atoms with Crippen LogP contribution >= 0.6 is 0 Å². The minimum Gasteiger partial charge on any atom is -0.357 e. The molecule has 0 aliphatic carbocycles. The highest BCUT2D eigenvalue weighted by atomic mass is 19.4. The molecule has 2 aromatic rings. The van der Waals surface area contributed by atoms with Crippen molar-refractivity contribution in [3.8, 4) is 6.07 Å². The van der Waals surface area contributed by atoms with Gasteiger partial charge in [0.2, 0.25) is 5.91 Å². The van der Waals surface area contributed by atoms with E-state index >= 15 is 0 Å². The van der Waals surface area contributed by atoms with E-state index in [1.54, 1.807) is 6.07 Å². The lowest BCUT2D eigenvalue weighted by Gasteiger charge is -2.41. The molecule has 1 aliphatic rings. The lowest BCUT2D eigenvalue weighted by Crippen LogP contribution is -2.60. The van der Waals surface area contributed by atoms with Gasteiger partial charge in [-0.25, -0.2) is 4.79 Å². The molecule has 1 saturated heterocycles. The Morgan fingerprint density at radius 1 is 1.12 bits per heavy atom. The van der Waals surface area contributed by atoms with E-state index in [-0.39, 0.29) is 25.3 Å². The van der Waals surface area contributed by atoms with Crippen molar-refractivity contribution in [2.45, 2.75) is 26.1 Å². The fourth-order valence-corrected chi connectivity index (χ4v) is 3.78. The van der Waals surface area contributed by atoms with Crippen LogP contribution < -0.4 is 15.5 Å². The van der Waals surface area contributed by atoms with Crippen molar-refractivity contribution in [3.05, 3.63) is 58.7 Å². The molecule has 2 aromatic carbocycles. The first-order valence-electron chi connectivity index (χ1n) is 10.3. The first-order chi connectivity index (χ1) is 15.5. The van der Waals surface area contributed by atoms with Crippen LogP contribution in [0.2, 0.25) is 0 Å². The zero-order chi connectivity index (χ0) is 24.3. The number of hydrogen-bond acceptors (Lipinski definition) is 4. The molecule has 1 atom stereocenters. The van der Waals surface area contributed by atoms with Gasteiger partial charge in [-0.2, -0.15) is 18.4 Å². The number of likely N-dealkylation sites (N-methyl/N-ethyl adjacent to an activating group) is 1. The predicted octanol–water partition coefficient (Wildman–Crippen LogP) is 3.66. The number of anilines is 2. The third kappa shape index (κ3) is 5.19. The average molecular weight is 459 g/mol. The van der Waals surface area contributed by atoms with E-state index in [9.17, 15) is 22.8 Å². The molecular weight excluding hydrogens is 435 g/mol. The summed E-state index contributed by atoms with van der Waals surface area (Å²) < 4.78 is 40.3. The number of amides is 3. The highest BCUT2D eigenvalue weighted by Crippen LogP contribution is 2.35. The fourth-order valence-electron chi connectivity index (χ4n) is 3.78. The van der Waals surface area contributed by atoms with Gasteiger partial charge >= 0.3 is 12.2 Å². The molecule has 7 nitrogen and oxygen atoms in total. The number of hydrogen-bond donors (Lipinski definition) is 2. The highest BCUT2D eigenvalue weighted by Gasteiger charge is 2.37. The zero-order valence-corrected chi connectivity index (χ0v) is 18.5. The molecule has 0 spiro atoms. The highest BCUT2D eigenvalue weighted by molar-refractivity contribution is 5.92. The molecule has 33 heavy (non-hydrogen) atoms. The van der Waals surface area contributed by atoms with Crippen molar-refractivity contribution in [3.63, 3.8) is 0 Å². The summed E-state index contributed by atoms with van der Waals surface area (Å²) in [4.78, 5) is 28.5. The van der Waals surface area contributed by atoms with Crippen LogP contribution in [0, 0.1) is 25.2 Å². The average Bonchev–Trinajstić information content (AvgIpc) is 2.79. The maximum absolute atomic E-state index is 13.4. The summed E-state index contributed by atoms with van der Waals surface area (Å²) >= 11 is 0. The van der Waals surface area contributed by atoms with Gasteiger partial charge < -0.3 is 20.4 Å². The summed E-state index contributed by atoms with van der Waals surface area (Å²) in [6, 6.07) is 9.27. The number of benzene rings is 2. The number of rotatable bonds is 3. The van der Waals surface area contributed by atoms with Crippen molar-refractivity contribution in [1.29, 1.82) is 5.26 Å². The number of nitrogens with zero attached hydrogens (tertiary/aromatic N) is 3. The molecule has 1 heterocycles. The number of halogens is 3. The predicted molar refractivity (Wildman–Crippen MR) is 118 cm³/mol. The minimum absolute atomic E-state index is 0.0161.